The summed E-state index contributed by atoms with van der Waals surface area (Å²) >= 11 is 0. The summed E-state index contributed by atoms with van der Waals surface area (Å²) in [5.74, 6) is -2.56. The predicted octanol–water partition coefficient (Wildman–Crippen LogP) is -2.12. The van der Waals surface area contributed by atoms with Crippen LogP contribution in [0.1, 0.15) is 13.3 Å². The second-order valence-corrected chi connectivity index (χ2v) is 4.07. The number of nitrogens with zero attached hydrogens (tertiary/aromatic N) is 1. The molecule has 1 aliphatic heterocycles. The van der Waals surface area contributed by atoms with Crippen LogP contribution in [0.2, 0.25) is 0 Å². The quantitative estimate of drug-likeness (QED) is 0.432. The van der Waals surface area contributed by atoms with Crippen LogP contribution < -0.4 is 10.6 Å². The Hall–Kier alpha value is -2.16. The number of urea groups is 1. The minimum atomic E-state index is -1.30. The normalized spacial score (nSPS) is 20.7. The molecule has 4 N–H and O–H groups in total. The molecule has 1 aliphatic rings. The zero-order valence-electron chi connectivity index (χ0n) is 10.3. The highest BCUT2D eigenvalue weighted by Gasteiger charge is 2.34. The molecule has 0 aromatic carbocycles. The van der Waals surface area contributed by atoms with Crippen LogP contribution in [0.3, 0.4) is 0 Å². The van der Waals surface area contributed by atoms with E-state index in [4.69, 9.17) is 10.2 Å². The Kier molecular flexibility index (Phi) is 4.81. The Morgan fingerprint density at radius 1 is 1.53 bits per heavy atom. The number of piperazine rings is 1. The highest BCUT2D eigenvalue weighted by atomic mass is 16.4. The van der Waals surface area contributed by atoms with Gasteiger partial charge in [0.05, 0.1) is 0 Å². The van der Waals surface area contributed by atoms with Gasteiger partial charge in [0.15, 0.2) is 0 Å². The van der Waals surface area contributed by atoms with Crippen molar-refractivity contribution in [3.8, 4) is 0 Å². The van der Waals surface area contributed by atoms with E-state index in [0.29, 0.717) is 0 Å². The minimum absolute atomic E-state index is 0.163. The number of carbonyl (C=O) groups is 4. The Morgan fingerprint density at radius 3 is 2.68 bits per heavy atom. The van der Waals surface area contributed by atoms with Crippen LogP contribution in [-0.4, -0.2) is 64.2 Å². The van der Waals surface area contributed by atoms with E-state index < -0.39 is 42.5 Å². The smallest absolute Gasteiger partial charge is 0.326 e. The molecule has 9 heteroatoms. The molecule has 2 atom stereocenters. The number of aliphatic hydroxyl groups excluding tert-OH is 1. The zero-order chi connectivity index (χ0) is 14.6. The van der Waals surface area contributed by atoms with Crippen molar-refractivity contribution in [2.75, 3.05) is 13.2 Å². The molecule has 0 aromatic rings. The topological polar surface area (TPSA) is 136 Å². The molecule has 1 rings (SSSR count). The Labute approximate surface area is 108 Å². The first-order valence-corrected chi connectivity index (χ1v) is 5.61. The highest BCUT2D eigenvalue weighted by Crippen LogP contribution is 2.06. The lowest BCUT2D eigenvalue weighted by atomic mass is 10.2. The van der Waals surface area contributed by atoms with E-state index in [1.54, 1.807) is 0 Å². The van der Waals surface area contributed by atoms with Gasteiger partial charge in [-0.25, -0.2) is 9.59 Å². The van der Waals surface area contributed by atoms with Crippen LogP contribution >= 0.6 is 0 Å². The average molecular weight is 273 g/mol. The van der Waals surface area contributed by atoms with Crippen LogP contribution in [0.25, 0.3) is 0 Å². The lowest BCUT2D eigenvalue weighted by Crippen LogP contribution is -2.62. The van der Waals surface area contributed by atoms with Crippen molar-refractivity contribution in [2.24, 2.45) is 0 Å². The number of imide groups is 1. The summed E-state index contributed by atoms with van der Waals surface area (Å²) in [6, 6.07) is -2.98. The van der Waals surface area contributed by atoms with Gasteiger partial charge in [-0.2, -0.15) is 0 Å². The molecule has 1 heterocycles. The SMILES string of the molecule is CC1C(=O)NC(=O)CN1C(=O)NC(CCO)C(=O)O. The molecule has 0 bridgehead atoms. The Morgan fingerprint density at radius 2 is 2.16 bits per heavy atom. The van der Waals surface area contributed by atoms with E-state index >= 15 is 0 Å². The van der Waals surface area contributed by atoms with Crippen LogP contribution in [0, 0.1) is 0 Å². The monoisotopic (exact) mass is 273 g/mol. The summed E-state index contributed by atoms with van der Waals surface area (Å²) in [5, 5.41) is 21.7. The first-order valence-electron chi connectivity index (χ1n) is 5.61. The van der Waals surface area contributed by atoms with Gasteiger partial charge in [-0.1, -0.05) is 0 Å². The molecule has 0 aliphatic carbocycles. The first kappa shape index (κ1) is 14.9. The van der Waals surface area contributed by atoms with Crippen LogP contribution in [-0.2, 0) is 14.4 Å². The van der Waals surface area contributed by atoms with Crippen molar-refractivity contribution in [1.29, 1.82) is 0 Å². The molecule has 0 radical (unpaired) electrons. The first-order chi connectivity index (χ1) is 8.86. The highest BCUT2D eigenvalue weighted by molar-refractivity contribution is 6.04. The molecule has 0 spiro atoms. The molecule has 0 saturated carbocycles. The number of carboxylic acids is 1. The predicted molar refractivity (Wildman–Crippen MR) is 61.0 cm³/mol. The van der Waals surface area contributed by atoms with E-state index in [1.165, 1.54) is 6.92 Å². The maximum Gasteiger partial charge on any atom is 0.326 e. The van der Waals surface area contributed by atoms with Crippen molar-refractivity contribution in [3.05, 3.63) is 0 Å². The summed E-state index contributed by atoms with van der Waals surface area (Å²) in [4.78, 5) is 46.1. The fourth-order valence-electron chi connectivity index (χ4n) is 1.58. The molecular weight excluding hydrogens is 258 g/mol. The van der Waals surface area contributed by atoms with E-state index in [1.807, 2.05) is 0 Å². The molecule has 19 heavy (non-hydrogen) atoms. The van der Waals surface area contributed by atoms with Gasteiger partial charge in [-0.3, -0.25) is 14.9 Å². The van der Waals surface area contributed by atoms with Gasteiger partial charge in [0.1, 0.15) is 18.6 Å². The van der Waals surface area contributed by atoms with Gasteiger partial charge in [-0.15, -0.1) is 0 Å². The second-order valence-electron chi connectivity index (χ2n) is 4.07. The Balaban J connectivity index is 2.72. The summed E-state index contributed by atoms with van der Waals surface area (Å²) in [7, 11) is 0. The van der Waals surface area contributed by atoms with Gasteiger partial charge in [0, 0.05) is 13.0 Å². The third kappa shape index (κ3) is 3.65. The number of carboxylic acid groups (broad SMARTS) is 1. The van der Waals surface area contributed by atoms with Crippen molar-refractivity contribution in [1.82, 2.24) is 15.5 Å². The Bertz CT molecular complexity index is 410. The zero-order valence-corrected chi connectivity index (χ0v) is 10.3. The van der Waals surface area contributed by atoms with E-state index in [0.717, 1.165) is 4.90 Å². The van der Waals surface area contributed by atoms with E-state index in [2.05, 4.69) is 10.6 Å². The van der Waals surface area contributed by atoms with Gasteiger partial charge in [0.25, 0.3) is 0 Å². The third-order valence-electron chi connectivity index (χ3n) is 2.70. The van der Waals surface area contributed by atoms with Crippen molar-refractivity contribution >= 4 is 23.8 Å². The molecule has 0 aromatic heterocycles. The van der Waals surface area contributed by atoms with Gasteiger partial charge in [-0.05, 0) is 6.92 Å². The molecular formula is C10H15N3O6. The van der Waals surface area contributed by atoms with E-state index in [9.17, 15) is 19.2 Å². The average Bonchev–Trinajstić information content (AvgIpc) is 2.32. The van der Waals surface area contributed by atoms with Crippen LogP contribution in [0.5, 0.6) is 0 Å². The molecule has 1 saturated heterocycles. The summed E-state index contributed by atoms with van der Waals surface area (Å²) in [6.45, 7) is 0.680. The number of rotatable bonds is 4. The molecule has 2 unspecified atom stereocenters. The fourth-order valence-corrected chi connectivity index (χ4v) is 1.58. The lowest BCUT2D eigenvalue weighted by Gasteiger charge is -2.32. The third-order valence-corrected chi connectivity index (χ3v) is 2.70. The summed E-state index contributed by atoms with van der Waals surface area (Å²) < 4.78 is 0. The number of carbonyl (C=O) groups excluding carboxylic acids is 3. The number of aliphatic hydroxyl groups is 1. The molecule has 9 nitrogen and oxygen atoms in total. The van der Waals surface area contributed by atoms with Gasteiger partial charge < -0.3 is 20.4 Å². The van der Waals surface area contributed by atoms with E-state index in [-0.39, 0.29) is 13.0 Å². The minimum Gasteiger partial charge on any atom is -0.480 e. The van der Waals surface area contributed by atoms with Crippen LogP contribution in [0.15, 0.2) is 0 Å². The van der Waals surface area contributed by atoms with Crippen molar-refractivity contribution in [2.45, 2.75) is 25.4 Å². The maximum atomic E-state index is 11.8. The number of aliphatic carboxylic acids is 1. The fraction of sp³-hybridized carbons (Fsp3) is 0.600. The standard InChI is InChI=1S/C10H15N3O6/c1-5-8(16)12-7(15)4-13(5)10(19)11-6(2-3-14)9(17)18/h5-6,14H,2-4H2,1H3,(H,11,19)(H,17,18)(H,12,15,16). The van der Waals surface area contributed by atoms with Crippen molar-refractivity contribution < 1.29 is 29.4 Å². The number of hydrogen-bond donors (Lipinski definition) is 4. The second kappa shape index (κ2) is 6.14. The summed E-state index contributed by atoms with van der Waals surface area (Å²) in [6.07, 6.45) is -0.163. The number of amides is 4. The lowest BCUT2D eigenvalue weighted by molar-refractivity contribution is -0.139. The maximum absolute atomic E-state index is 11.8. The van der Waals surface area contributed by atoms with Gasteiger partial charge in [0.2, 0.25) is 11.8 Å². The van der Waals surface area contributed by atoms with Crippen LogP contribution in [0.4, 0.5) is 4.79 Å². The molecule has 1 fully saturated rings. The largest absolute Gasteiger partial charge is 0.480 e. The number of hydrogen-bond acceptors (Lipinski definition) is 5. The molecule has 106 valence electrons. The van der Waals surface area contributed by atoms with Crippen molar-refractivity contribution in [3.63, 3.8) is 0 Å². The van der Waals surface area contributed by atoms with Gasteiger partial charge >= 0.3 is 12.0 Å². The summed E-state index contributed by atoms with van der Waals surface area (Å²) in [5.41, 5.74) is 0. The molecule has 4 amide bonds. The number of nitrogens with one attached hydrogen (secondary N) is 2.